The molecule has 172 valence electrons. The van der Waals surface area contributed by atoms with E-state index in [9.17, 15) is 19.8 Å². The average Bonchev–Trinajstić information content (AvgIpc) is 3.36. The molecule has 0 aliphatic carbocycles. The largest absolute Gasteiger partial charge is 0.465 e. The zero-order valence-corrected chi connectivity index (χ0v) is 18.6. The Labute approximate surface area is 196 Å². The predicted molar refractivity (Wildman–Crippen MR) is 128 cm³/mol. The van der Waals surface area contributed by atoms with Crippen LogP contribution in [-0.2, 0) is 12.3 Å². The minimum atomic E-state index is -1.70. The number of carbonyl (C=O) groups is 2. The zero-order valence-electron chi connectivity index (χ0n) is 18.6. The van der Waals surface area contributed by atoms with Gasteiger partial charge in [0.2, 0.25) is 5.95 Å². The molecule has 1 aliphatic rings. The summed E-state index contributed by atoms with van der Waals surface area (Å²) in [6, 6.07) is 21.7. The van der Waals surface area contributed by atoms with Gasteiger partial charge in [-0.2, -0.15) is 0 Å². The molecule has 1 unspecified atom stereocenters. The second-order valence-electron chi connectivity index (χ2n) is 8.32. The molecule has 3 N–H and O–H groups in total. The van der Waals surface area contributed by atoms with Gasteiger partial charge in [0.1, 0.15) is 0 Å². The number of hydrogen-bond acceptors (Lipinski definition) is 4. The number of fused-ring (bicyclic) bond motifs is 2. The van der Waals surface area contributed by atoms with Crippen LogP contribution in [-0.4, -0.2) is 43.6 Å². The van der Waals surface area contributed by atoms with E-state index in [-0.39, 0.29) is 18.4 Å². The van der Waals surface area contributed by atoms with Crippen molar-refractivity contribution in [1.82, 2.24) is 14.9 Å². The van der Waals surface area contributed by atoms with Crippen LogP contribution in [0, 0.1) is 0 Å². The fourth-order valence-corrected chi connectivity index (χ4v) is 4.53. The normalized spacial score (nSPS) is 17.2. The number of nitrogens with one attached hydrogen (secondary N) is 1. The number of imidazole rings is 1. The number of hydrogen-bond donors (Lipinski definition) is 3. The van der Waals surface area contributed by atoms with Crippen LogP contribution in [0.15, 0.2) is 72.8 Å². The lowest BCUT2D eigenvalue weighted by Crippen LogP contribution is -2.44. The summed E-state index contributed by atoms with van der Waals surface area (Å²) >= 11 is 0. The third kappa shape index (κ3) is 3.39. The molecular formula is C26H24N4O4. The number of aromatic nitrogens is 2. The molecule has 0 fully saturated rings. The molecule has 3 aromatic carbocycles. The molecule has 2 heterocycles. The summed E-state index contributed by atoms with van der Waals surface area (Å²) in [7, 11) is 0. The minimum absolute atomic E-state index is 0.220. The molecule has 8 heteroatoms. The molecule has 4 aromatic rings. The van der Waals surface area contributed by atoms with Gasteiger partial charge in [0, 0.05) is 29.8 Å². The van der Waals surface area contributed by atoms with Crippen molar-refractivity contribution in [3.8, 4) is 0 Å². The van der Waals surface area contributed by atoms with Crippen molar-refractivity contribution in [2.24, 2.45) is 0 Å². The molecule has 0 saturated heterocycles. The Morgan fingerprint density at radius 2 is 1.82 bits per heavy atom. The maximum atomic E-state index is 13.4. The topological polar surface area (TPSA) is 110 Å². The van der Waals surface area contributed by atoms with E-state index in [0.29, 0.717) is 40.7 Å². The zero-order chi connectivity index (χ0) is 23.9. The van der Waals surface area contributed by atoms with Gasteiger partial charge in [-0.05, 0) is 30.2 Å². The average molecular weight is 457 g/mol. The smallest absolute Gasteiger partial charge is 0.414 e. The molecule has 2 amide bonds. The van der Waals surface area contributed by atoms with E-state index in [1.807, 2.05) is 37.3 Å². The SMILES string of the molecule is CCCN(C(=O)O)c1nc2ccc(C3(O)c4ccccc4C(=O)N3Cc3ccccc3)cc2[nH]1. The molecule has 8 nitrogen and oxygen atoms in total. The fraction of sp³-hybridized carbons (Fsp3) is 0.192. The highest BCUT2D eigenvalue weighted by molar-refractivity contribution is 6.00. The lowest BCUT2D eigenvalue weighted by molar-refractivity contribution is -0.0542. The number of rotatable bonds is 6. The van der Waals surface area contributed by atoms with E-state index in [0.717, 1.165) is 10.5 Å². The van der Waals surface area contributed by atoms with Gasteiger partial charge in [0.25, 0.3) is 5.91 Å². The molecule has 0 bridgehead atoms. The van der Waals surface area contributed by atoms with Crippen LogP contribution in [0.25, 0.3) is 11.0 Å². The highest BCUT2D eigenvalue weighted by Crippen LogP contribution is 2.43. The second kappa shape index (κ2) is 8.31. The maximum absolute atomic E-state index is 13.4. The van der Waals surface area contributed by atoms with E-state index in [4.69, 9.17) is 0 Å². The quantitative estimate of drug-likeness (QED) is 0.401. The van der Waals surface area contributed by atoms with Gasteiger partial charge < -0.3 is 15.2 Å². The highest BCUT2D eigenvalue weighted by Gasteiger charge is 2.49. The fourth-order valence-electron chi connectivity index (χ4n) is 4.53. The first kappa shape index (κ1) is 21.7. The number of carbonyl (C=O) groups excluding carboxylic acids is 1. The summed E-state index contributed by atoms with van der Waals surface area (Å²) in [6.07, 6.45) is -0.453. The lowest BCUT2D eigenvalue weighted by Gasteiger charge is -2.35. The van der Waals surface area contributed by atoms with Crippen LogP contribution < -0.4 is 4.90 Å². The standard InChI is InChI=1S/C26H24N4O4/c1-2-14-29(25(32)33)24-27-21-13-12-18(15-22(21)28-24)26(34)20-11-7-6-10-19(20)23(31)30(26)16-17-8-4-3-5-9-17/h3-13,15,34H,2,14,16H2,1H3,(H,27,28)(H,32,33). The van der Waals surface area contributed by atoms with Gasteiger partial charge in [0.15, 0.2) is 5.72 Å². The van der Waals surface area contributed by atoms with E-state index < -0.39 is 11.8 Å². The number of benzene rings is 3. The summed E-state index contributed by atoms with van der Waals surface area (Å²) in [4.78, 5) is 35.1. The van der Waals surface area contributed by atoms with Crippen LogP contribution in [0.4, 0.5) is 10.7 Å². The summed E-state index contributed by atoms with van der Waals surface area (Å²) in [5.74, 6) is -0.0372. The monoisotopic (exact) mass is 456 g/mol. The summed E-state index contributed by atoms with van der Waals surface area (Å²) in [5, 5.41) is 21.7. The number of H-pyrrole nitrogens is 1. The van der Waals surface area contributed by atoms with Crippen molar-refractivity contribution in [3.63, 3.8) is 0 Å². The minimum Gasteiger partial charge on any atom is -0.465 e. The van der Waals surface area contributed by atoms with Gasteiger partial charge in [-0.1, -0.05) is 61.5 Å². The van der Waals surface area contributed by atoms with Crippen LogP contribution >= 0.6 is 0 Å². The number of aromatic amines is 1. The molecular weight excluding hydrogens is 432 g/mol. The van der Waals surface area contributed by atoms with Crippen LogP contribution in [0.2, 0.25) is 0 Å². The Morgan fingerprint density at radius 3 is 2.56 bits per heavy atom. The van der Waals surface area contributed by atoms with E-state index in [1.54, 1.807) is 42.5 Å². The predicted octanol–water partition coefficient (Wildman–Crippen LogP) is 4.31. The first-order valence-corrected chi connectivity index (χ1v) is 11.1. The number of anilines is 1. The molecule has 0 saturated carbocycles. The summed E-state index contributed by atoms with van der Waals surface area (Å²) in [6.45, 7) is 2.42. The molecule has 1 aromatic heterocycles. The molecule has 0 radical (unpaired) electrons. The van der Waals surface area contributed by atoms with Crippen molar-refractivity contribution in [3.05, 3.63) is 95.1 Å². The third-order valence-corrected chi connectivity index (χ3v) is 6.16. The Morgan fingerprint density at radius 1 is 1.09 bits per heavy atom. The lowest BCUT2D eigenvalue weighted by atomic mass is 9.93. The van der Waals surface area contributed by atoms with E-state index in [2.05, 4.69) is 9.97 Å². The maximum Gasteiger partial charge on any atom is 0.414 e. The molecule has 5 rings (SSSR count). The van der Waals surface area contributed by atoms with E-state index in [1.165, 1.54) is 4.90 Å². The van der Waals surface area contributed by atoms with Crippen molar-refractivity contribution < 1.29 is 19.8 Å². The van der Waals surface area contributed by atoms with Gasteiger partial charge in [-0.3, -0.25) is 9.69 Å². The van der Waals surface area contributed by atoms with Crippen molar-refractivity contribution in [2.75, 3.05) is 11.4 Å². The van der Waals surface area contributed by atoms with Crippen molar-refractivity contribution in [1.29, 1.82) is 0 Å². The third-order valence-electron chi connectivity index (χ3n) is 6.16. The Bertz CT molecular complexity index is 1380. The van der Waals surface area contributed by atoms with E-state index >= 15 is 0 Å². The molecule has 34 heavy (non-hydrogen) atoms. The van der Waals surface area contributed by atoms with Crippen LogP contribution in [0.3, 0.4) is 0 Å². The van der Waals surface area contributed by atoms with Crippen LogP contribution in [0.1, 0.15) is 40.4 Å². The number of aliphatic hydroxyl groups is 1. The van der Waals surface area contributed by atoms with Gasteiger partial charge in [-0.15, -0.1) is 0 Å². The number of amides is 2. The number of nitrogens with zero attached hydrogens (tertiary/aromatic N) is 3. The first-order chi connectivity index (χ1) is 16.4. The number of carboxylic acid groups (broad SMARTS) is 1. The van der Waals surface area contributed by atoms with Gasteiger partial charge in [0.05, 0.1) is 11.0 Å². The second-order valence-corrected chi connectivity index (χ2v) is 8.32. The Kier molecular flexibility index (Phi) is 5.30. The van der Waals surface area contributed by atoms with Gasteiger partial charge in [-0.25, -0.2) is 14.7 Å². The molecule has 1 atom stereocenters. The van der Waals surface area contributed by atoms with Crippen molar-refractivity contribution >= 4 is 29.0 Å². The first-order valence-electron chi connectivity index (χ1n) is 11.1. The summed E-state index contributed by atoms with van der Waals surface area (Å²) in [5.41, 5.74) is 1.78. The Balaban J connectivity index is 1.62. The van der Waals surface area contributed by atoms with Gasteiger partial charge >= 0.3 is 6.09 Å². The Hall–Kier alpha value is -4.17. The van der Waals surface area contributed by atoms with Crippen LogP contribution in [0.5, 0.6) is 0 Å². The summed E-state index contributed by atoms with van der Waals surface area (Å²) < 4.78 is 0. The highest BCUT2D eigenvalue weighted by atomic mass is 16.4. The van der Waals surface area contributed by atoms with Crippen molar-refractivity contribution in [2.45, 2.75) is 25.6 Å². The molecule has 0 spiro atoms. The molecule has 1 aliphatic heterocycles.